The Morgan fingerprint density at radius 3 is 2.62 bits per heavy atom. The minimum Gasteiger partial charge on any atom is -0.331 e. The van der Waals surface area contributed by atoms with Crippen LogP contribution in [0.15, 0.2) is 72.4 Å². The van der Waals surface area contributed by atoms with E-state index in [9.17, 15) is 4.79 Å². The van der Waals surface area contributed by atoms with Crippen molar-refractivity contribution in [3.05, 3.63) is 89.1 Å². The van der Waals surface area contributed by atoms with Crippen LogP contribution in [-0.4, -0.2) is 15.9 Å². The van der Waals surface area contributed by atoms with Crippen molar-refractivity contribution in [1.82, 2.24) is 9.97 Å². The second-order valence-electron chi connectivity index (χ2n) is 6.75. The lowest BCUT2D eigenvalue weighted by Gasteiger charge is -2.10. The van der Waals surface area contributed by atoms with Gasteiger partial charge in [-0.2, -0.15) is 0 Å². The number of aromatic nitrogens is 2. The third kappa shape index (κ3) is 4.50. The summed E-state index contributed by atoms with van der Waals surface area (Å²) in [5.74, 6) is -0.143. The molecule has 2 aromatic carbocycles. The van der Waals surface area contributed by atoms with Crippen LogP contribution in [-0.2, 0) is 0 Å². The van der Waals surface area contributed by atoms with Crippen molar-refractivity contribution in [1.29, 1.82) is 0 Å². The maximum atomic E-state index is 12.7. The second-order valence-corrected chi connectivity index (χ2v) is 7.61. The minimum absolute atomic E-state index is 0.143. The van der Waals surface area contributed by atoms with Crippen LogP contribution in [0.4, 0.5) is 16.5 Å². The summed E-state index contributed by atoms with van der Waals surface area (Å²) >= 11 is 1.52. The molecule has 29 heavy (non-hydrogen) atoms. The quantitative estimate of drug-likeness (QED) is 0.443. The van der Waals surface area contributed by atoms with E-state index in [0.29, 0.717) is 5.56 Å². The summed E-state index contributed by atoms with van der Waals surface area (Å²) in [6.45, 7) is 4.00. The van der Waals surface area contributed by atoms with E-state index >= 15 is 0 Å². The Morgan fingerprint density at radius 1 is 1.00 bits per heavy atom. The number of carbonyl (C=O) groups is 1. The number of nitrogens with one attached hydrogen (secondary N) is 2. The molecule has 0 saturated heterocycles. The SMILES string of the molecule is Cc1cccc(NC(=O)c2ccc(C)c(Nc3nc(-c4ccncc4)cs3)c2)c1. The van der Waals surface area contributed by atoms with Gasteiger partial charge in [-0.15, -0.1) is 11.3 Å². The largest absolute Gasteiger partial charge is 0.331 e. The standard InChI is InChI=1S/C23H20N4OS/c1-15-4-3-5-19(12-15)25-22(28)18-7-6-16(2)20(13-18)26-23-27-21(14-29-23)17-8-10-24-11-9-17/h3-14H,1-2H3,(H,25,28)(H,26,27). The number of hydrogen-bond donors (Lipinski definition) is 2. The molecule has 0 radical (unpaired) electrons. The van der Waals surface area contributed by atoms with Crippen molar-refractivity contribution >= 4 is 33.8 Å². The van der Waals surface area contributed by atoms with Crippen LogP contribution in [0, 0.1) is 13.8 Å². The van der Waals surface area contributed by atoms with Crippen LogP contribution < -0.4 is 10.6 Å². The van der Waals surface area contributed by atoms with Gasteiger partial charge >= 0.3 is 0 Å². The lowest BCUT2D eigenvalue weighted by atomic mass is 10.1. The third-order valence-electron chi connectivity index (χ3n) is 4.50. The van der Waals surface area contributed by atoms with Crippen LogP contribution in [0.3, 0.4) is 0 Å². The molecule has 0 fully saturated rings. The van der Waals surface area contributed by atoms with Crippen molar-refractivity contribution < 1.29 is 4.79 Å². The van der Waals surface area contributed by atoms with Gasteiger partial charge in [0, 0.05) is 40.3 Å². The average molecular weight is 401 g/mol. The first kappa shape index (κ1) is 18.8. The topological polar surface area (TPSA) is 66.9 Å². The molecule has 4 rings (SSSR count). The lowest BCUT2D eigenvalue weighted by molar-refractivity contribution is 0.102. The van der Waals surface area contributed by atoms with E-state index < -0.39 is 0 Å². The highest BCUT2D eigenvalue weighted by atomic mass is 32.1. The molecule has 4 aromatic rings. The molecule has 0 atom stereocenters. The van der Waals surface area contributed by atoms with Gasteiger partial charge in [0.2, 0.25) is 0 Å². The van der Waals surface area contributed by atoms with E-state index in [1.54, 1.807) is 12.4 Å². The average Bonchev–Trinajstić information content (AvgIpc) is 3.19. The highest BCUT2D eigenvalue weighted by Crippen LogP contribution is 2.28. The van der Waals surface area contributed by atoms with Gasteiger partial charge in [-0.3, -0.25) is 9.78 Å². The fourth-order valence-electron chi connectivity index (χ4n) is 2.93. The maximum Gasteiger partial charge on any atom is 0.255 e. The zero-order valence-corrected chi connectivity index (χ0v) is 17.0. The molecule has 0 unspecified atom stereocenters. The lowest BCUT2D eigenvalue weighted by Crippen LogP contribution is -2.12. The van der Waals surface area contributed by atoms with Crippen LogP contribution in [0.1, 0.15) is 21.5 Å². The Hall–Kier alpha value is -3.51. The van der Waals surface area contributed by atoms with E-state index in [0.717, 1.165) is 38.9 Å². The molecule has 2 heterocycles. The molecule has 5 nitrogen and oxygen atoms in total. The van der Waals surface area contributed by atoms with E-state index in [-0.39, 0.29) is 5.91 Å². The smallest absolute Gasteiger partial charge is 0.255 e. The van der Waals surface area contributed by atoms with Crippen LogP contribution >= 0.6 is 11.3 Å². The zero-order chi connectivity index (χ0) is 20.2. The number of pyridine rings is 1. The van der Waals surface area contributed by atoms with Crippen LogP contribution in [0.25, 0.3) is 11.3 Å². The Kier molecular flexibility index (Phi) is 5.35. The predicted molar refractivity (Wildman–Crippen MR) is 119 cm³/mol. The molecule has 0 saturated carbocycles. The summed E-state index contributed by atoms with van der Waals surface area (Å²) in [7, 11) is 0. The van der Waals surface area contributed by atoms with Gasteiger partial charge in [0.15, 0.2) is 5.13 Å². The predicted octanol–water partition coefficient (Wildman–Crippen LogP) is 5.82. The molecule has 0 spiro atoms. The molecule has 0 aliphatic rings. The summed E-state index contributed by atoms with van der Waals surface area (Å²) in [5.41, 5.74) is 6.29. The first-order chi connectivity index (χ1) is 14.1. The van der Waals surface area contributed by atoms with Crippen LogP contribution in [0.5, 0.6) is 0 Å². The van der Waals surface area contributed by atoms with Gasteiger partial charge in [0.25, 0.3) is 5.91 Å². The number of benzene rings is 2. The second kappa shape index (κ2) is 8.24. The molecule has 6 heteroatoms. The Balaban J connectivity index is 1.53. The summed E-state index contributed by atoms with van der Waals surface area (Å²) in [5, 5.41) is 9.07. The van der Waals surface area contributed by atoms with Gasteiger partial charge in [0.05, 0.1) is 5.69 Å². The van der Waals surface area contributed by atoms with Crippen molar-refractivity contribution in [3.8, 4) is 11.3 Å². The van der Waals surface area contributed by atoms with Gasteiger partial charge in [-0.1, -0.05) is 18.2 Å². The molecule has 144 valence electrons. The van der Waals surface area contributed by atoms with Gasteiger partial charge in [-0.25, -0.2) is 4.98 Å². The number of hydrogen-bond acceptors (Lipinski definition) is 5. The van der Waals surface area contributed by atoms with E-state index in [4.69, 9.17) is 0 Å². The Morgan fingerprint density at radius 2 is 1.83 bits per heavy atom. The fraction of sp³-hybridized carbons (Fsp3) is 0.0870. The van der Waals surface area contributed by atoms with Gasteiger partial charge < -0.3 is 10.6 Å². The first-order valence-corrected chi connectivity index (χ1v) is 10.1. The number of carbonyl (C=O) groups excluding carboxylic acids is 1. The number of rotatable bonds is 5. The first-order valence-electron chi connectivity index (χ1n) is 9.20. The van der Waals surface area contributed by atoms with E-state index in [2.05, 4.69) is 20.6 Å². The number of aryl methyl sites for hydroxylation is 2. The van der Waals surface area contributed by atoms with Crippen molar-refractivity contribution in [2.75, 3.05) is 10.6 Å². The zero-order valence-electron chi connectivity index (χ0n) is 16.1. The van der Waals surface area contributed by atoms with Gasteiger partial charge in [-0.05, 0) is 61.4 Å². The number of thiazole rings is 1. The number of nitrogens with zero attached hydrogens (tertiary/aromatic N) is 2. The molecular weight excluding hydrogens is 380 g/mol. The highest BCUT2D eigenvalue weighted by molar-refractivity contribution is 7.14. The summed E-state index contributed by atoms with van der Waals surface area (Å²) < 4.78 is 0. The Labute approximate surface area is 173 Å². The van der Waals surface area contributed by atoms with Crippen molar-refractivity contribution in [2.45, 2.75) is 13.8 Å². The molecule has 0 aliphatic carbocycles. The van der Waals surface area contributed by atoms with Crippen LogP contribution in [0.2, 0.25) is 0 Å². The summed E-state index contributed by atoms with van der Waals surface area (Å²) in [6, 6.07) is 17.2. The molecular formula is C23H20N4OS. The Bertz CT molecular complexity index is 1150. The fourth-order valence-corrected chi connectivity index (χ4v) is 3.66. The summed E-state index contributed by atoms with van der Waals surface area (Å²) in [6.07, 6.45) is 3.50. The molecule has 0 bridgehead atoms. The molecule has 0 aliphatic heterocycles. The van der Waals surface area contributed by atoms with E-state index in [1.807, 2.05) is 73.8 Å². The highest BCUT2D eigenvalue weighted by Gasteiger charge is 2.11. The van der Waals surface area contributed by atoms with Crippen molar-refractivity contribution in [2.24, 2.45) is 0 Å². The third-order valence-corrected chi connectivity index (χ3v) is 5.26. The molecule has 1 amide bonds. The van der Waals surface area contributed by atoms with Crippen molar-refractivity contribution in [3.63, 3.8) is 0 Å². The molecule has 2 aromatic heterocycles. The maximum absolute atomic E-state index is 12.7. The summed E-state index contributed by atoms with van der Waals surface area (Å²) in [4.78, 5) is 21.4. The molecule has 2 N–H and O–H groups in total. The number of anilines is 3. The minimum atomic E-state index is -0.143. The monoisotopic (exact) mass is 400 g/mol. The van der Waals surface area contributed by atoms with E-state index in [1.165, 1.54) is 11.3 Å². The number of amides is 1. The normalized spacial score (nSPS) is 10.6. The van der Waals surface area contributed by atoms with Gasteiger partial charge in [0.1, 0.15) is 0 Å².